The first-order valence-corrected chi connectivity index (χ1v) is 4.15. The summed E-state index contributed by atoms with van der Waals surface area (Å²) in [5.41, 5.74) is -0.181. The summed E-state index contributed by atoms with van der Waals surface area (Å²) in [7, 11) is 1.34. The number of ether oxygens (including phenoxy) is 2. The van der Waals surface area contributed by atoms with Crippen molar-refractivity contribution in [3.63, 3.8) is 0 Å². The number of nitrogens with zero attached hydrogens (tertiary/aromatic N) is 1. The first kappa shape index (κ1) is 11.8. The third-order valence-electron chi connectivity index (χ3n) is 1.24. The van der Waals surface area contributed by atoms with Crippen LogP contribution in [0.3, 0.4) is 0 Å². The predicted octanol–water partition coefficient (Wildman–Crippen LogP) is 1.21. The molecule has 0 amide bonds. The molecule has 0 spiro atoms. The van der Waals surface area contributed by atoms with Gasteiger partial charge in [-0.2, -0.15) is 5.26 Å². The van der Waals surface area contributed by atoms with Crippen molar-refractivity contribution >= 4 is 17.6 Å². The molecule has 0 aromatic carbocycles. The molecule has 0 aliphatic heterocycles. The van der Waals surface area contributed by atoms with Crippen LogP contribution in [-0.2, 0) is 14.3 Å². The van der Waals surface area contributed by atoms with Crippen molar-refractivity contribution in [1.82, 2.24) is 0 Å². The number of nitriles is 1. The van der Waals surface area contributed by atoms with Crippen LogP contribution in [-0.4, -0.2) is 25.6 Å². The van der Waals surface area contributed by atoms with Gasteiger partial charge in [0.15, 0.2) is 5.57 Å². The Hall–Kier alpha value is -1.21. The zero-order chi connectivity index (χ0) is 10.3. The number of methoxy groups -OCH3 is 1. The van der Waals surface area contributed by atoms with Crippen LogP contribution in [0.15, 0.2) is 11.3 Å². The van der Waals surface area contributed by atoms with Gasteiger partial charge in [0, 0.05) is 0 Å². The molecule has 0 aliphatic rings. The molecule has 0 unspecified atom stereocenters. The summed E-state index contributed by atoms with van der Waals surface area (Å²) in [5.74, 6) is -0.608. The van der Waals surface area contributed by atoms with Crippen molar-refractivity contribution in [3.05, 3.63) is 11.3 Å². The Kier molecular flexibility index (Phi) is 5.73. The Labute approximate surface area is 81.7 Å². The van der Waals surface area contributed by atoms with Crippen molar-refractivity contribution in [2.24, 2.45) is 0 Å². The molecule has 72 valence electrons. The van der Waals surface area contributed by atoms with Crippen LogP contribution in [0.5, 0.6) is 0 Å². The van der Waals surface area contributed by atoms with E-state index in [9.17, 15) is 4.79 Å². The molecule has 0 aromatic rings. The minimum Gasteiger partial charge on any atom is -0.498 e. The number of carbonyl (C=O) groups excluding carboxylic acids is 1. The van der Waals surface area contributed by atoms with Gasteiger partial charge in [0.05, 0.1) is 19.6 Å². The summed E-state index contributed by atoms with van der Waals surface area (Å²) in [4.78, 5) is 11.1. The molecule has 0 rings (SSSR count). The average Bonchev–Trinajstić information content (AvgIpc) is 2.14. The monoisotopic (exact) mass is 203 g/mol. The molecule has 5 heteroatoms. The fourth-order valence-electron chi connectivity index (χ4n) is 0.649. The Morgan fingerprint density at radius 1 is 1.62 bits per heavy atom. The maximum atomic E-state index is 11.1. The van der Waals surface area contributed by atoms with E-state index in [-0.39, 0.29) is 23.8 Å². The summed E-state index contributed by atoms with van der Waals surface area (Å²) in [6.07, 6.45) is 0. The summed E-state index contributed by atoms with van der Waals surface area (Å²) in [6, 6.07) is 1.68. The van der Waals surface area contributed by atoms with Gasteiger partial charge in [-0.05, 0) is 6.92 Å². The fourth-order valence-corrected chi connectivity index (χ4v) is 0.891. The first-order chi connectivity index (χ1) is 6.21. The van der Waals surface area contributed by atoms with Crippen molar-refractivity contribution in [3.8, 4) is 6.07 Å². The largest absolute Gasteiger partial charge is 0.498 e. The molecule has 0 heterocycles. The Morgan fingerprint density at radius 2 is 2.23 bits per heavy atom. The van der Waals surface area contributed by atoms with Gasteiger partial charge in [-0.3, -0.25) is 0 Å². The van der Waals surface area contributed by atoms with Crippen LogP contribution in [0, 0.1) is 11.3 Å². The number of hydrogen-bond acceptors (Lipinski definition) is 4. The van der Waals surface area contributed by atoms with Crippen LogP contribution in [0.25, 0.3) is 0 Å². The highest BCUT2D eigenvalue weighted by atomic mass is 35.5. The zero-order valence-electron chi connectivity index (χ0n) is 7.46. The van der Waals surface area contributed by atoms with Gasteiger partial charge in [-0.1, -0.05) is 0 Å². The summed E-state index contributed by atoms with van der Waals surface area (Å²) in [6.45, 7) is 1.86. The molecule has 0 bridgehead atoms. The van der Waals surface area contributed by atoms with Gasteiger partial charge >= 0.3 is 5.97 Å². The first-order valence-electron chi connectivity index (χ1n) is 3.61. The number of esters is 1. The van der Waals surface area contributed by atoms with Gasteiger partial charge in [0.2, 0.25) is 0 Å². The Balaban J connectivity index is 4.77. The molecule has 0 saturated heterocycles. The second-order valence-electron chi connectivity index (χ2n) is 1.97. The lowest BCUT2D eigenvalue weighted by atomic mass is 10.2. The van der Waals surface area contributed by atoms with Crippen LogP contribution in [0.1, 0.15) is 6.92 Å². The van der Waals surface area contributed by atoms with Crippen LogP contribution >= 0.6 is 11.6 Å². The average molecular weight is 204 g/mol. The molecule has 0 aromatic heterocycles. The smallest absolute Gasteiger partial charge is 0.352 e. The minimum absolute atomic E-state index is 0.0296. The van der Waals surface area contributed by atoms with Gasteiger partial charge in [0.1, 0.15) is 11.8 Å². The fraction of sp³-hybridized carbons (Fsp3) is 0.500. The second-order valence-corrected chi connectivity index (χ2v) is 2.24. The summed E-state index contributed by atoms with van der Waals surface area (Å²) < 4.78 is 9.37. The molecular formula is C8H10ClNO3. The van der Waals surface area contributed by atoms with Crippen molar-refractivity contribution < 1.29 is 14.3 Å². The number of allylic oxidation sites excluding steroid dienone is 1. The van der Waals surface area contributed by atoms with E-state index < -0.39 is 5.97 Å². The zero-order valence-corrected chi connectivity index (χ0v) is 8.22. The van der Waals surface area contributed by atoms with Crippen molar-refractivity contribution in [1.29, 1.82) is 5.26 Å². The summed E-state index contributed by atoms with van der Waals surface area (Å²) in [5, 5.41) is 8.61. The van der Waals surface area contributed by atoms with E-state index in [1.54, 1.807) is 13.0 Å². The van der Waals surface area contributed by atoms with Crippen molar-refractivity contribution in [2.75, 3.05) is 19.6 Å². The van der Waals surface area contributed by atoms with Gasteiger partial charge in [-0.15, -0.1) is 11.6 Å². The van der Waals surface area contributed by atoms with Gasteiger partial charge < -0.3 is 9.47 Å². The molecule has 13 heavy (non-hydrogen) atoms. The highest BCUT2D eigenvalue weighted by Gasteiger charge is 2.16. The number of carbonyl (C=O) groups is 1. The number of halogens is 1. The highest BCUT2D eigenvalue weighted by Crippen LogP contribution is 2.08. The van der Waals surface area contributed by atoms with E-state index in [1.165, 1.54) is 7.11 Å². The Bertz CT molecular complexity index is 249. The predicted molar refractivity (Wildman–Crippen MR) is 47.0 cm³/mol. The third-order valence-corrected chi connectivity index (χ3v) is 1.48. The topological polar surface area (TPSA) is 59.3 Å². The molecule has 0 aliphatic carbocycles. The lowest BCUT2D eigenvalue weighted by Crippen LogP contribution is -2.10. The maximum absolute atomic E-state index is 11.1. The van der Waals surface area contributed by atoms with Crippen LogP contribution in [0.2, 0.25) is 0 Å². The van der Waals surface area contributed by atoms with Gasteiger partial charge in [-0.25, -0.2) is 4.79 Å². The second kappa shape index (κ2) is 6.32. The van der Waals surface area contributed by atoms with E-state index >= 15 is 0 Å². The van der Waals surface area contributed by atoms with Gasteiger partial charge in [0.25, 0.3) is 0 Å². The number of alkyl halides is 1. The molecule has 0 saturated carbocycles. The van der Waals surface area contributed by atoms with E-state index in [4.69, 9.17) is 21.6 Å². The quantitative estimate of drug-likeness (QED) is 0.227. The normalized spacial score (nSPS) is 11.2. The highest BCUT2D eigenvalue weighted by molar-refractivity contribution is 6.19. The van der Waals surface area contributed by atoms with Crippen LogP contribution in [0.4, 0.5) is 0 Å². The minimum atomic E-state index is -0.706. The maximum Gasteiger partial charge on any atom is 0.352 e. The van der Waals surface area contributed by atoms with E-state index in [2.05, 4.69) is 4.74 Å². The SMILES string of the molecule is CCOC(=O)/C(C#N)=C(\CCl)OC. The number of rotatable bonds is 4. The molecule has 0 radical (unpaired) electrons. The third kappa shape index (κ3) is 3.34. The van der Waals surface area contributed by atoms with E-state index in [0.29, 0.717) is 0 Å². The number of hydrogen-bond donors (Lipinski definition) is 0. The molecular weight excluding hydrogens is 194 g/mol. The van der Waals surface area contributed by atoms with E-state index in [0.717, 1.165) is 0 Å². The lowest BCUT2D eigenvalue weighted by Gasteiger charge is -2.04. The molecule has 0 fully saturated rings. The Morgan fingerprint density at radius 3 is 2.54 bits per heavy atom. The molecule has 0 atom stereocenters. The molecule has 4 nitrogen and oxygen atoms in total. The van der Waals surface area contributed by atoms with Crippen molar-refractivity contribution in [2.45, 2.75) is 6.92 Å². The summed E-state index contributed by atoms with van der Waals surface area (Å²) >= 11 is 5.44. The van der Waals surface area contributed by atoms with Crippen LogP contribution < -0.4 is 0 Å². The lowest BCUT2D eigenvalue weighted by molar-refractivity contribution is -0.138. The molecule has 0 N–H and O–H groups in total. The standard InChI is InChI=1S/C8H10ClNO3/c1-3-13-8(11)6(5-10)7(4-9)12-2/h3-4H2,1-2H3/b7-6+. The van der Waals surface area contributed by atoms with E-state index in [1.807, 2.05) is 0 Å².